The van der Waals surface area contributed by atoms with E-state index in [1.54, 1.807) is 7.11 Å². The van der Waals surface area contributed by atoms with Gasteiger partial charge in [-0.05, 0) is 81.0 Å². The fraction of sp³-hybridized carbons (Fsp3) is 0.258. The van der Waals surface area contributed by atoms with Gasteiger partial charge in [-0.25, -0.2) is 0 Å². The zero-order chi connectivity index (χ0) is 27.7. The second kappa shape index (κ2) is 10.9. The number of carbonyl (C=O) groups is 1. The van der Waals surface area contributed by atoms with E-state index in [1.165, 1.54) is 5.56 Å². The lowest BCUT2D eigenvalue weighted by Crippen LogP contribution is -2.29. The molecule has 2 N–H and O–H groups in total. The summed E-state index contributed by atoms with van der Waals surface area (Å²) < 4.78 is 7.96. The number of nitrogens with zero attached hydrogens (tertiary/aromatic N) is 3. The van der Waals surface area contributed by atoms with Gasteiger partial charge in [0.2, 0.25) is 5.91 Å². The van der Waals surface area contributed by atoms with E-state index in [9.17, 15) is 4.79 Å². The maximum atomic E-state index is 12.1. The van der Waals surface area contributed by atoms with Gasteiger partial charge < -0.3 is 24.8 Å². The Balaban J connectivity index is 1.64. The molecule has 1 amide bonds. The third-order valence-electron chi connectivity index (χ3n) is 7.24. The quantitative estimate of drug-likeness (QED) is 0.267. The molecule has 0 unspecified atom stereocenters. The van der Waals surface area contributed by atoms with E-state index >= 15 is 0 Å². The van der Waals surface area contributed by atoms with Gasteiger partial charge in [0.05, 0.1) is 30.6 Å². The Bertz CT molecular complexity index is 1510. The second-order valence-corrected chi connectivity index (χ2v) is 10.2. The molecule has 1 aliphatic heterocycles. The number of amides is 1. The molecule has 0 radical (unpaired) electrons. The smallest absolute Gasteiger partial charge is 0.224 e. The summed E-state index contributed by atoms with van der Waals surface area (Å²) in [4.78, 5) is 18.9. The van der Waals surface area contributed by atoms with E-state index in [-0.39, 0.29) is 18.0 Å². The number of aromatic nitrogens is 2. The van der Waals surface area contributed by atoms with Crippen LogP contribution in [-0.2, 0) is 4.79 Å². The second-order valence-electron chi connectivity index (χ2n) is 9.78. The number of ether oxygens (including phenoxy) is 1. The molecule has 7 nitrogen and oxygen atoms in total. The third-order valence-corrected chi connectivity index (χ3v) is 7.55. The number of pyridine rings is 1. The van der Waals surface area contributed by atoms with Crippen molar-refractivity contribution in [3.8, 4) is 11.4 Å². The Hall–Kier alpha value is -4.17. The van der Waals surface area contributed by atoms with Crippen LogP contribution in [-0.4, -0.2) is 27.7 Å². The molecule has 0 aliphatic carbocycles. The largest absolute Gasteiger partial charge is 0.494 e. The number of methoxy groups -OCH3 is 1. The lowest BCUT2D eigenvalue weighted by Gasteiger charge is -2.29. The number of hydrogen-bond acceptors (Lipinski definition) is 4. The minimum absolute atomic E-state index is 0.0731. The lowest BCUT2D eigenvalue weighted by atomic mass is 9.96. The Kier molecular flexibility index (Phi) is 7.39. The van der Waals surface area contributed by atoms with E-state index in [1.807, 2.05) is 49.5 Å². The average Bonchev–Trinajstić information content (AvgIpc) is 3.44. The number of nitrogens with one attached hydrogen (secondary N) is 2. The summed E-state index contributed by atoms with van der Waals surface area (Å²) in [6.45, 7) is 8.20. The van der Waals surface area contributed by atoms with Crippen LogP contribution in [0, 0.1) is 20.8 Å². The van der Waals surface area contributed by atoms with Gasteiger partial charge >= 0.3 is 0 Å². The molecule has 4 aromatic rings. The number of aryl methyl sites for hydroxylation is 2. The lowest BCUT2D eigenvalue weighted by molar-refractivity contribution is -0.115. The molecule has 0 bridgehead atoms. The van der Waals surface area contributed by atoms with Crippen molar-refractivity contribution in [2.75, 3.05) is 17.3 Å². The van der Waals surface area contributed by atoms with Crippen LogP contribution in [0.5, 0.6) is 5.75 Å². The van der Waals surface area contributed by atoms with Gasteiger partial charge in [-0.1, -0.05) is 30.7 Å². The molecule has 5 rings (SSSR count). The molecular formula is C31H33N5O2S. The van der Waals surface area contributed by atoms with Gasteiger partial charge in [0.15, 0.2) is 5.11 Å². The first-order chi connectivity index (χ1) is 18.8. The Morgan fingerprint density at radius 3 is 2.46 bits per heavy atom. The summed E-state index contributed by atoms with van der Waals surface area (Å²) in [5, 5.41) is 7.05. The average molecular weight is 540 g/mol. The van der Waals surface area contributed by atoms with Crippen molar-refractivity contribution in [3.63, 3.8) is 0 Å². The van der Waals surface area contributed by atoms with Gasteiger partial charge in [0, 0.05) is 41.4 Å². The fourth-order valence-electron chi connectivity index (χ4n) is 5.30. The van der Waals surface area contributed by atoms with Crippen LogP contribution in [0.15, 0.2) is 72.9 Å². The first-order valence-corrected chi connectivity index (χ1v) is 13.5. The number of benzene rings is 2. The third kappa shape index (κ3) is 5.00. The fourth-order valence-corrected chi connectivity index (χ4v) is 5.64. The first kappa shape index (κ1) is 26.4. The Morgan fingerprint density at radius 1 is 1.05 bits per heavy atom. The van der Waals surface area contributed by atoms with Gasteiger partial charge in [-0.3, -0.25) is 9.78 Å². The van der Waals surface area contributed by atoms with E-state index in [2.05, 4.69) is 76.2 Å². The maximum Gasteiger partial charge on any atom is 0.224 e. The van der Waals surface area contributed by atoms with Gasteiger partial charge in [0.25, 0.3) is 0 Å². The maximum absolute atomic E-state index is 12.1. The predicted octanol–water partition coefficient (Wildman–Crippen LogP) is 6.33. The summed E-state index contributed by atoms with van der Waals surface area (Å²) in [5.41, 5.74) is 8.17. The summed E-state index contributed by atoms with van der Waals surface area (Å²) in [7, 11) is 1.60. The van der Waals surface area contributed by atoms with Gasteiger partial charge in [-0.2, -0.15) is 0 Å². The van der Waals surface area contributed by atoms with Crippen LogP contribution in [0.4, 0.5) is 11.4 Å². The number of carbonyl (C=O) groups excluding carboxylic acids is 1. The summed E-state index contributed by atoms with van der Waals surface area (Å²) in [6.07, 6.45) is 2.19. The van der Waals surface area contributed by atoms with E-state index in [0.29, 0.717) is 23.0 Å². The van der Waals surface area contributed by atoms with Crippen molar-refractivity contribution in [1.82, 2.24) is 14.9 Å². The van der Waals surface area contributed by atoms with Crippen molar-refractivity contribution < 1.29 is 9.53 Å². The van der Waals surface area contributed by atoms with E-state index in [4.69, 9.17) is 17.0 Å². The highest BCUT2D eigenvalue weighted by atomic mass is 32.1. The molecule has 0 saturated carbocycles. The van der Waals surface area contributed by atoms with Crippen LogP contribution in [0.3, 0.4) is 0 Å². The predicted molar refractivity (Wildman–Crippen MR) is 160 cm³/mol. The van der Waals surface area contributed by atoms with Crippen molar-refractivity contribution in [1.29, 1.82) is 0 Å². The number of hydrogen-bond donors (Lipinski definition) is 2. The summed E-state index contributed by atoms with van der Waals surface area (Å²) in [6, 6.07) is 22.2. The zero-order valence-corrected chi connectivity index (χ0v) is 23.7. The van der Waals surface area contributed by atoms with Gasteiger partial charge in [-0.15, -0.1) is 0 Å². The van der Waals surface area contributed by atoms with Gasteiger partial charge in [0.1, 0.15) is 5.75 Å². The molecule has 1 saturated heterocycles. The first-order valence-electron chi connectivity index (χ1n) is 13.1. The molecule has 0 spiro atoms. The molecule has 8 heteroatoms. The SMILES string of the molecule is CCC(=O)Nc1ccc(N2C(=S)N[C@H](c3ccccn3)[C@H]2c2cc(C)n(-c3ccc(C)cc3)c2C)cc1OC. The minimum atomic E-state index is -0.170. The highest BCUT2D eigenvalue weighted by Gasteiger charge is 2.42. The van der Waals surface area contributed by atoms with E-state index in [0.717, 1.165) is 34.0 Å². The van der Waals surface area contributed by atoms with Crippen molar-refractivity contribution >= 4 is 34.6 Å². The standard InChI is InChI=1S/C31H33N5O2S/c1-6-28(37)33-25-15-14-23(18-27(25)38-5)36-30(29(34-31(36)39)26-9-7-8-16-32-26)24-17-20(3)35(21(24)4)22-12-10-19(2)11-13-22/h7-18,29-30H,6H2,1-5H3,(H,33,37)(H,34,39)/t29-,30-/m1/s1. The molecule has 1 aliphatic rings. The molecule has 39 heavy (non-hydrogen) atoms. The highest BCUT2D eigenvalue weighted by Crippen LogP contribution is 2.45. The highest BCUT2D eigenvalue weighted by molar-refractivity contribution is 7.80. The van der Waals surface area contributed by atoms with E-state index < -0.39 is 0 Å². The summed E-state index contributed by atoms with van der Waals surface area (Å²) >= 11 is 5.94. The summed E-state index contributed by atoms with van der Waals surface area (Å²) in [5.74, 6) is 0.498. The molecule has 2 aromatic heterocycles. The van der Waals surface area contributed by atoms with Crippen LogP contribution in [0.25, 0.3) is 5.69 Å². The topological polar surface area (TPSA) is 71.4 Å². The number of thiocarbonyl (C=S) groups is 1. The number of anilines is 2. The van der Waals surface area contributed by atoms with Crippen molar-refractivity contribution in [2.24, 2.45) is 0 Å². The normalized spacial score (nSPS) is 16.7. The van der Waals surface area contributed by atoms with Crippen LogP contribution >= 0.6 is 12.2 Å². The zero-order valence-electron chi connectivity index (χ0n) is 22.9. The van der Waals surface area contributed by atoms with Crippen LogP contribution in [0.2, 0.25) is 0 Å². The van der Waals surface area contributed by atoms with Crippen LogP contribution < -0.4 is 20.3 Å². The van der Waals surface area contributed by atoms with Crippen molar-refractivity contribution in [3.05, 3.63) is 101 Å². The molecule has 200 valence electrons. The number of rotatable bonds is 7. The Morgan fingerprint density at radius 2 is 1.79 bits per heavy atom. The molecule has 1 fully saturated rings. The molecule has 3 heterocycles. The van der Waals surface area contributed by atoms with Crippen molar-refractivity contribution in [2.45, 2.75) is 46.2 Å². The molecule has 2 atom stereocenters. The van der Waals surface area contributed by atoms with Crippen LogP contribution in [0.1, 0.15) is 53.6 Å². The monoisotopic (exact) mass is 539 g/mol. The minimum Gasteiger partial charge on any atom is -0.494 e. The Labute approximate surface area is 234 Å². The molecule has 2 aromatic carbocycles. The molecular weight excluding hydrogens is 506 g/mol.